The smallest absolute Gasteiger partial charge is 0.375 e. The molecule has 8 nitrogen and oxygen atoms in total. The van der Waals surface area contributed by atoms with Gasteiger partial charge in [0.1, 0.15) is 11.6 Å². The molecule has 4 rings (SSSR count). The van der Waals surface area contributed by atoms with E-state index in [1.165, 1.54) is 0 Å². The minimum Gasteiger partial charge on any atom is -0.452 e. The van der Waals surface area contributed by atoms with Crippen LogP contribution >= 0.6 is 0 Å². The van der Waals surface area contributed by atoms with E-state index in [2.05, 4.69) is 0 Å². The van der Waals surface area contributed by atoms with Crippen molar-refractivity contribution in [2.24, 2.45) is 23.7 Å². The summed E-state index contributed by atoms with van der Waals surface area (Å²) in [4.78, 5) is 75.9. The van der Waals surface area contributed by atoms with E-state index in [9.17, 15) is 28.8 Å². The zero-order valence-corrected chi connectivity index (χ0v) is 18.2. The van der Waals surface area contributed by atoms with E-state index in [0.29, 0.717) is 25.7 Å². The van der Waals surface area contributed by atoms with Gasteiger partial charge in [-0.25, -0.2) is 9.59 Å². The second kappa shape index (κ2) is 9.63. The fraction of sp³-hybridized carbons (Fsp3) is 0.750. The molecule has 2 heterocycles. The number of hydrogen-bond donors (Lipinski definition) is 0. The summed E-state index contributed by atoms with van der Waals surface area (Å²) in [5.41, 5.74) is 0. The molecule has 174 valence electrons. The van der Waals surface area contributed by atoms with Gasteiger partial charge in [-0.1, -0.05) is 38.5 Å². The van der Waals surface area contributed by atoms with E-state index < -0.39 is 59.4 Å². The minimum absolute atomic E-state index is 0.0967. The molecular weight excluding hydrogens is 416 g/mol. The normalized spacial score (nSPS) is 37.4. The predicted molar refractivity (Wildman–Crippen MR) is 109 cm³/mol. The topological polar surface area (TPSA) is 121 Å². The monoisotopic (exact) mass is 446 g/mol. The van der Waals surface area contributed by atoms with E-state index in [1.54, 1.807) is 0 Å². The molecule has 32 heavy (non-hydrogen) atoms. The Labute approximate surface area is 186 Å². The third-order valence-corrected chi connectivity index (χ3v) is 7.60. The number of carbonyl (C=O) groups is 6. The van der Waals surface area contributed by atoms with Crippen LogP contribution in [0.2, 0.25) is 0 Å². The second-order valence-electron chi connectivity index (χ2n) is 9.57. The molecular formula is C24H30O8. The molecule has 0 unspecified atom stereocenters. The van der Waals surface area contributed by atoms with Crippen molar-refractivity contribution in [3.05, 3.63) is 0 Å². The lowest BCUT2D eigenvalue weighted by molar-refractivity contribution is -0.159. The highest BCUT2D eigenvalue weighted by Crippen LogP contribution is 2.42. The number of Topliss-reactive ketones (excluding diaryl/α,β-unsaturated/α-hetero) is 4. The van der Waals surface area contributed by atoms with Crippen LogP contribution in [0.1, 0.15) is 77.0 Å². The summed E-state index contributed by atoms with van der Waals surface area (Å²) in [7, 11) is 0. The number of ether oxygens (including phenoxy) is 2. The maximum Gasteiger partial charge on any atom is 0.375 e. The average molecular weight is 446 g/mol. The van der Waals surface area contributed by atoms with Crippen molar-refractivity contribution in [3.63, 3.8) is 0 Å². The molecule has 4 fully saturated rings. The zero-order valence-electron chi connectivity index (χ0n) is 18.2. The van der Waals surface area contributed by atoms with Gasteiger partial charge in [0.05, 0.1) is 11.8 Å². The summed E-state index contributed by atoms with van der Waals surface area (Å²) in [5.74, 6) is -7.49. The van der Waals surface area contributed by atoms with Crippen molar-refractivity contribution >= 4 is 35.1 Å². The van der Waals surface area contributed by atoms with Gasteiger partial charge in [0.2, 0.25) is 11.6 Å². The third-order valence-electron chi connectivity index (χ3n) is 7.60. The van der Waals surface area contributed by atoms with Crippen LogP contribution in [-0.4, -0.2) is 47.3 Å². The van der Waals surface area contributed by atoms with Crippen molar-refractivity contribution < 1.29 is 38.2 Å². The standard InChI is InChI=1S/C24H30O8/c25-15-11-7-3-1-5-9-13(15)17-19(27)23(29)31-21(17)22-18(20(28)24(30)32-22)14-10-6-2-4-8-12-16(14)26/h13-14,17-18,21-22H,1-12H2/t13-,14+,17-,18+,21+,22-. The molecule has 0 aromatic rings. The number of carbonyl (C=O) groups excluding carboxylic acids is 6. The average Bonchev–Trinajstić information content (AvgIpc) is 3.19. The Morgan fingerprint density at radius 3 is 1.28 bits per heavy atom. The first kappa shape index (κ1) is 22.8. The fourth-order valence-corrected chi connectivity index (χ4v) is 5.93. The van der Waals surface area contributed by atoms with E-state index in [4.69, 9.17) is 9.47 Å². The van der Waals surface area contributed by atoms with E-state index in [1.807, 2.05) is 0 Å². The minimum atomic E-state index is -1.21. The summed E-state index contributed by atoms with van der Waals surface area (Å²) in [5, 5.41) is 0. The van der Waals surface area contributed by atoms with Crippen LogP contribution in [0, 0.1) is 23.7 Å². The van der Waals surface area contributed by atoms with Crippen LogP contribution < -0.4 is 0 Å². The molecule has 0 bridgehead atoms. The van der Waals surface area contributed by atoms with Gasteiger partial charge in [0.15, 0.2) is 12.2 Å². The van der Waals surface area contributed by atoms with Crippen molar-refractivity contribution in [1.82, 2.24) is 0 Å². The lowest BCUT2D eigenvalue weighted by atomic mass is 9.71. The predicted octanol–water partition coefficient (Wildman–Crippen LogP) is 2.29. The molecule has 0 radical (unpaired) electrons. The molecule has 2 aliphatic heterocycles. The highest BCUT2D eigenvalue weighted by Gasteiger charge is 2.61. The Kier molecular flexibility index (Phi) is 6.86. The summed E-state index contributed by atoms with van der Waals surface area (Å²) in [6, 6.07) is 0. The Balaban J connectivity index is 1.66. The number of esters is 2. The summed E-state index contributed by atoms with van der Waals surface area (Å²) < 4.78 is 10.7. The SMILES string of the molecule is O=C1O[C@H]([C@@H]2OC(=O)C(=O)[C@@H]2[C@H]2CCCCCCC2=O)[C@H]([C@@H]2CCCCCCC2=O)C1=O. The van der Waals surface area contributed by atoms with Gasteiger partial charge in [0.25, 0.3) is 0 Å². The lowest BCUT2D eigenvalue weighted by Gasteiger charge is -2.32. The van der Waals surface area contributed by atoms with Crippen LogP contribution in [0.4, 0.5) is 0 Å². The molecule has 0 aromatic heterocycles. The molecule has 0 aromatic carbocycles. The van der Waals surface area contributed by atoms with Crippen molar-refractivity contribution in [2.45, 2.75) is 89.3 Å². The Morgan fingerprint density at radius 2 is 0.875 bits per heavy atom. The summed E-state index contributed by atoms with van der Waals surface area (Å²) in [6.45, 7) is 0. The highest BCUT2D eigenvalue weighted by atomic mass is 16.6. The summed E-state index contributed by atoms with van der Waals surface area (Å²) in [6.07, 6.45) is 5.82. The number of cyclic esters (lactones) is 2. The molecule has 2 saturated heterocycles. The third kappa shape index (κ3) is 4.28. The number of rotatable bonds is 3. The van der Waals surface area contributed by atoms with Gasteiger partial charge < -0.3 is 9.47 Å². The molecule has 0 amide bonds. The molecule has 2 aliphatic carbocycles. The van der Waals surface area contributed by atoms with Crippen molar-refractivity contribution in [2.75, 3.05) is 0 Å². The van der Waals surface area contributed by atoms with Gasteiger partial charge in [-0.05, 0) is 25.7 Å². The second-order valence-corrected chi connectivity index (χ2v) is 9.57. The first-order chi connectivity index (χ1) is 15.4. The van der Waals surface area contributed by atoms with Gasteiger partial charge in [0, 0.05) is 24.7 Å². The van der Waals surface area contributed by atoms with Gasteiger partial charge in [-0.15, -0.1) is 0 Å². The summed E-state index contributed by atoms with van der Waals surface area (Å²) >= 11 is 0. The Bertz CT molecular complexity index is 762. The Hall–Kier alpha value is -2.38. The highest BCUT2D eigenvalue weighted by molar-refractivity contribution is 6.38. The molecule has 4 aliphatic rings. The van der Waals surface area contributed by atoms with Crippen LogP contribution in [0.3, 0.4) is 0 Å². The lowest BCUT2D eigenvalue weighted by Crippen LogP contribution is -2.46. The van der Waals surface area contributed by atoms with Crippen LogP contribution in [-0.2, 0) is 38.2 Å². The molecule has 2 saturated carbocycles. The molecule has 0 N–H and O–H groups in total. The van der Waals surface area contributed by atoms with Crippen molar-refractivity contribution in [3.8, 4) is 0 Å². The van der Waals surface area contributed by atoms with E-state index in [0.717, 1.165) is 51.4 Å². The zero-order chi connectivity index (χ0) is 22.8. The first-order valence-electron chi connectivity index (χ1n) is 11.9. The van der Waals surface area contributed by atoms with E-state index >= 15 is 0 Å². The van der Waals surface area contributed by atoms with Crippen LogP contribution in [0.15, 0.2) is 0 Å². The van der Waals surface area contributed by atoms with Crippen molar-refractivity contribution in [1.29, 1.82) is 0 Å². The number of ketones is 4. The van der Waals surface area contributed by atoms with Gasteiger partial charge >= 0.3 is 11.9 Å². The van der Waals surface area contributed by atoms with E-state index in [-0.39, 0.29) is 11.6 Å². The van der Waals surface area contributed by atoms with Gasteiger partial charge in [-0.2, -0.15) is 0 Å². The Morgan fingerprint density at radius 1 is 0.500 bits per heavy atom. The molecule has 0 spiro atoms. The fourth-order valence-electron chi connectivity index (χ4n) is 5.93. The largest absolute Gasteiger partial charge is 0.452 e. The molecule has 6 atom stereocenters. The van der Waals surface area contributed by atoms with Crippen LogP contribution in [0.25, 0.3) is 0 Å². The maximum absolute atomic E-state index is 12.9. The molecule has 8 heteroatoms. The maximum atomic E-state index is 12.9. The quantitative estimate of drug-likeness (QED) is 0.478. The first-order valence-corrected chi connectivity index (χ1v) is 11.9. The van der Waals surface area contributed by atoms with Crippen LogP contribution in [0.5, 0.6) is 0 Å². The number of hydrogen-bond acceptors (Lipinski definition) is 8. The van der Waals surface area contributed by atoms with Gasteiger partial charge in [-0.3, -0.25) is 19.2 Å².